The average Bonchev–Trinajstić information content (AvgIpc) is 2.36. The first-order valence-corrected chi connectivity index (χ1v) is 5.96. The first-order valence-electron chi connectivity index (χ1n) is 5.96. The van der Waals surface area contributed by atoms with Crippen LogP contribution in [-0.2, 0) is 0 Å². The van der Waals surface area contributed by atoms with E-state index >= 15 is 0 Å². The van der Waals surface area contributed by atoms with Gasteiger partial charge in [0.05, 0.1) is 12.0 Å². The molecule has 0 aliphatic heterocycles. The lowest BCUT2D eigenvalue weighted by atomic mass is 10.2. The number of hydrogen-bond donors (Lipinski definition) is 1. The Hall–Kier alpha value is -1.99. The van der Waals surface area contributed by atoms with Crippen molar-refractivity contribution in [2.75, 3.05) is 19.0 Å². The monoisotopic (exact) mass is 292 g/mol. The fourth-order valence-corrected chi connectivity index (χ4v) is 1.62. The van der Waals surface area contributed by atoms with Gasteiger partial charge in [0.2, 0.25) is 0 Å². The van der Waals surface area contributed by atoms with E-state index in [-0.39, 0.29) is 30.8 Å². The van der Waals surface area contributed by atoms with Crippen LogP contribution in [-0.4, -0.2) is 24.8 Å². The molecule has 1 N–H and O–H groups in total. The van der Waals surface area contributed by atoms with Crippen molar-refractivity contribution in [3.05, 3.63) is 28.3 Å². The highest BCUT2D eigenvalue weighted by Gasteiger charge is 2.25. The van der Waals surface area contributed by atoms with Crippen molar-refractivity contribution in [3.63, 3.8) is 0 Å². The number of hydrogen-bond acceptors (Lipinski definition) is 4. The number of halogens is 3. The molecule has 8 heteroatoms. The highest BCUT2D eigenvalue weighted by molar-refractivity contribution is 5.64. The molecule has 0 saturated carbocycles. The van der Waals surface area contributed by atoms with E-state index in [2.05, 4.69) is 5.32 Å². The lowest BCUT2D eigenvalue weighted by Crippen LogP contribution is -2.09. The lowest BCUT2D eigenvalue weighted by molar-refractivity contribution is -0.384. The van der Waals surface area contributed by atoms with Gasteiger partial charge in [-0.25, -0.2) is 0 Å². The minimum absolute atomic E-state index is 0.0196. The molecule has 0 saturated heterocycles. The minimum atomic E-state index is -4.16. The number of anilines is 1. The van der Waals surface area contributed by atoms with Crippen molar-refractivity contribution in [3.8, 4) is 5.75 Å². The Balaban J connectivity index is 2.55. The molecule has 0 heterocycles. The number of benzene rings is 1. The van der Waals surface area contributed by atoms with Crippen molar-refractivity contribution in [1.29, 1.82) is 0 Å². The van der Waals surface area contributed by atoms with Crippen LogP contribution in [0.1, 0.15) is 19.3 Å². The molecule has 1 rings (SSSR count). The third-order valence-electron chi connectivity index (χ3n) is 2.60. The Bertz CT molecular complexity index is 464. The van der Waals surface area contributed by atoms with Gasteiger partial charge < -0.3 is 10.1 Å². The fourth-order valence-electron chi connectivity index (χ4n) is 1.62. The molecule has 0 amide bonds. The summed E-state index contributed by atoms with van der Waals surface area (Å²) in [5.74, 6) is 0.438. The number of nitrogens with zero attached hydrogens (tertiary/aromatic N) is 1. The Labute approximate surface area is 113 Å². The Kier molecular flexibility index (Phi) is 5.60. The van der Waals surface area contributed by atoms with Gasteiger partial charge in [0.25, 0.3) is 5.69 Å². The molecule has 1 aromatic rings. The number of nitrogens with one attached hydrogen (secondary N) is 1. The molecule has 0 atom stereocenters. The number of unbranched alkanes of at least 4 members (excludes halogenated alkanes) is 1. The zero-order valence-corrected chi connectivity index (χ0v) is 10.9. The number of methoxy groups -OCH3 is 1. The SMILES string of the molecule is COc1ccc([N+](=O)[O-])c(NCCCCC(F)(F)F)c1. The summed E-state index contributed by atoms with van der Waals surface area (Å²) in [5.41, 5.74) is 0.1000. The summed E-state index contributed by atoms with van der Waals surface area (Å²) in [4.78, 5) is 10.3. The minimum Gasteiger partial charge on any atom is -0.497 e. The van der Waals surface area contributed by atoms with Gasteiger partial charge in [0.15, 0.2) is 0 Å². The van der Waals surface area contributed by atoms with E-state index in [9.17, 15) is 23.3 Å². The van der Waals surface area contributed by atoms with Crippen molar-refractivity contribution in [2.24, 2.45) is 0 Å². The highest BCUT2D eigenvalue weighted by atomic mass is 19.4. The van der Waals surface area contributed by atoms with Crippen LogP contribution in [0.2, 0.25) is 0 Å². The van der Waals surface area contributed by atoms with E-state index in [1.165, 1.54) is 25.3 Å². The van der Waals surface area contributed by atoms with E-state index in [0.717, 1.165) is 0 Å². The third kappa shape index (κ3) is 5.33. The predicted molar refractivity (Wildman–Crippen MR) is 68.0 cm³/mol. The van der Waals surface area contributed by atoms with E-state index < -0.39 is 17.5 Å². The van der Waals surface area contributed by atoms with Gasteiger partial charge in [-0.1, -0.05) is 0 Å². The second-order valence-corrected chi connectivity index (χ2v) is 4.14. The van der Waals surface area contributed by atoms with Crippen molar-refractivity contribution >= 4 is 11.4 Å². The summed E-state index contributed by atoms with van der Waals surface area (Å²) in [7, 11) is 1.42. The van der Waals surface area contributed by atoms with Gasteiger partial charge >= 0.3 is 6.18 Å². The van der Waals surface area contributed by atoms with E-state index in [1.807, 2.05) is 0 Å². The second kappa shape index (κ2) is 6.97. The molecule has 112 valence electrons. The molecule has 5 nitrogen and oxygen atoms in total. The van der Waals surface area contributed by atoms with Gasteiger partial charge in [-0.15, -0.1) is 0 Å². The number of nitro benzene ring substituents is 1. The molecule has 0 bridgehead atoms. The summed E-state index contributed by atoms with van der Waals surface area (Å²) in [6, 6.07) is 4.19. The zero-order valence-electron chi connectivity index (χ0n) is 10.9. The number of nitro groups is 1. The van der Waals surface area contributed by atoms with E-state index in [1.54, 1.807) is 0 Å². The lowest BCUT2D eigenvalue weighted by Gasteiger charge is -2.09. The molecule has 20 heavy (non-hydrogen) atoms. The van der Waals surface area contributed by atoms with Crippen LogP contribution in [0.4, 0.5) is 24.5 Å². The number of ether oxygens (including phenoxy) is 1. The zero-order chi connectivity index (χ0) is 15.2. The Morgan fingerprint density at radius 2 is 2.05 bits per heavy atom. The quantitative estimate of drug-likeness (QED) is 0.472. The molecular formula is C12H15F3N2O3. The largest absolute Gasteiger partial charge is 0.497 e. The topological polar surface area (TPSA) is 64.4 Å². The molecule has 0 aromatic heterocycles. The molecule has 0 aliphatic rings. The molecule has 0 unspecified atom stereocenters. The molecule has 0 aliphatic carbocycles. The smallest absolute Gasteiger partial charge is 0.389 e. The second-order valence-electron chi connectivity index (χ2n) is 4.14. The van der Waals surface area contributed by atoms with Crippen LogP contribution < -0.4 is 10.1 Å². The first-order chi connectivity index (χ1) is 9.33. The summed E-state index contributed by atoms with van der Waals surface area (Å²) >= 11 is 0. The molecular weight excluding hydrogens is 277 g/mol. The molecule has 1 aromatic carbocycles. The van der Waals surface area contributed by atoms with Crippen LogP contribution >= 0.6 is 0 Å². The predicted octanol–water partition coefficient (Wildman–Crippen LogP) is 3.75. The van der Waals surface area contributed by atoms with Gasteiger partial charge in [0.1, 0.15) is 11.4 Å². The Morgan fingerprint density at radius 3 is 2.60 bits per heavy atom. The summed E-state index contributed by atoms with van der Waals surface area (Å²) in [5, 5.41) is 13.6. The highest BCUT2D eigenvalue weighted by Crippen LogP contribution is 2.29. The standard InChI is InChI=1S/C12H15F3N2O3/c1-20-9-4-5-11(17(18)19)10(8-9)16-7-3-2-6-12(13,14)15/h4-5,8,16H,2-3,6-7H2,1H3. The number of alkyl halides is 3. The van der Waals surface area contributed by atoms with Crippen molar-refractivity contribution in [1.82, 2.24) is 0 Å². The van der Waals surface area contributed by atoms with Crippen LogP contribution in [0.15, 0.2) is 18.2 Å². The van der Waals surface area contributed by atoms with Gasteiger partial charge in [-0.05, 0) is 18.9 Å². The number of rotatable bonds is 7. The van der Waals surface area contributed by atoms with Crippen LogP contribution in [0.25, 0.3) is 0 Å². The van der Waals surface area contributed by atoms with Gasteiger partial charge in [-0.3, -0.25) is 10.1 Å². The average molecular weight is 292 g/mol. The molecule has 0 spiro atoms. The van der Waals surface area contributed by atoms with Crippen molar-refractivity contribution in [2.45, 2.75) is 25.4 Å². The normalized spacial score (nSPS) is 11.2. The summed E-state index contributed by atoms with van der Waals surface area (Å²) in [6.45, 7) is 0.226. The Morgan fingerprint density at radius 1 is 1.35 bits per heavy atom. The summed E-state index contributed by atoms with van der Waals surface area (Å²) in [6.07, 6.45) is -4.76. The first kappa shape index (κ1) is 16.1. The van der Waals surface area contributed by atoms with Gasteiger partial charge in [0, 0.05) is 25.1 Å². The van der Waals surface area contributed by atoms with Crippen LogP contribution in [0, 0.1) is 10.1 Å². The summed E-state index contributed by atoms with van der Waals surface area (Å²) < 4.78 is 40.8. The van der Waals surface area contributed by atoms with Crippen LogP contribution in [0.5, 0.6) is 5.75 Å². The van der Waals surface area contributed by atoms with Gasteiger partial charge in [-0.2, -0.15) is 13.2 Å². The molecule has 0 fully saturated rings. The fraction of sp³-hybridized carbons (Fsp3) is 0.500. The third-order valence-corrected chi connectivity index (χ3v) is 2.60. The van der Waals surface area contributed by atoms with E-state index in [4.69, 9.17) is 4.74 Å². The maximum Gasteiger partial charge on any atom is 0.389 e. The van der Waals surface area contributed by atoms with Crippen molar-refractivity contribution < 1.29 is 22.8 Å². The maximum atomic E-state index is 11.9. The van der Waals surface area contributed by atoms with Crippen LogP contribution in [0.3, 0.4) is 0 Å². The maximum absolute atomic E-state index is 11.9. The van der Waals surface area contributed by atoms with E-state index in [0.29, 0.717) is 5.75 Å². The molecule has 0 radical (unpaired) electrons.